The number of carbonyl (C=O) groups excluding carboxylic acids is 2. The number of amides is 2. The first-order valence-corrected chi connectivity index (χ1v) is 9.92. The van der Waals surface area contributed by atoms with Crippen LogP contribution in [0, 0.1) is 18.3 Å². The number of ether oxygens (including phenoxy) is 1. The SMILES string of the molecule is Cc1cccc(COc2ccc(C=NNC(=O)C(=O)Nc3ccc(CC#N)cc3)cc2)c1. The van der Waals surface area contributed by atoms with Crippen LogP contribution in [0.5, 0.6) is 5.75 Å². The number of nitrogens with one attached hydrogen (secondary N) is 2. The number of rotatable bonds is 7. The van der Waals surface area contributed by atoms with Crippen LogP contribution in [0.25, 0.3) is 0 Å². The Morgan fingerprint density at radius 2 is 1.75 bits per heavy atom. The van der Waals surface area contributed by atoms with E-state index in [0.29, 0.717) is 18.0 Å². The van der Waals surface area contributed by atoms with Crippen molar-refractivity contribution in [2.45, 2.75) is 20.0 Å². The minimum atomic E-state index is -0.888. The van der Waals surface area contributed by atoms with Crippen molar-refractivity contribution in [3.63, 3.8) is 0 Å². The molecule has 7 nitrogen and oxygen atoms in total. The van der Waals surface area contributed by atoms with Crippen LogP contribution in [0.15, 0.2) is 77.9 Å². The van der Waals surface area contributed by atoms with Crippen LogP contribution in [0.1, 0.15) is 22.3 Å². The molecule has 0 bridgehead atoms. The third-order valence-corrected chi connectivity index (χ3v) is 4.45. The van der Waals surface area contributed by atoms with Gasteiger partial charge < -0.3 is 10.1 Å². The van der Waals surface area contributed by atoms with Crippen LogP contribution < -0.4 is 15.5 Å². The van der Waals surface area contributed by atoms with E-state index in [9.17, 15) is 9.59 Å². The molecule has 2 N–H and O–H groups in total. The summed E-state index contributed by atoms with van der Waals surface area (Å²) in [4.78, 5) is 23.9. The monoisotopic (exact) mass is 426 g/mol. The third-order valence-electron chi connectivity index (χ3n) is 4.45. The van der Waals surface area contributed by atoms with E-state index >= 15 is 0 Å². The summed E-state index contributed by atoms with van der Waals surface area (Å²) < 4.78 is 5.77. The van der Waals surface area contributed by atoms with Gasteiger partial charge in [0, 0.05) is 5.69 Å². The van der Waals surface area contributed by atoms with E-state index in [1.807, 2.05) is 43.3 Å². The number of carbonyl (C=O) groups is 2. The lowest BCUT2D eigenvalue weighted by Gasteiger charge is -2.07. The van der Waals surface area contributed by atoms with E-state index in [1.54, 1.807) is 36.4 Å². The van der Waals surface area contributed by atoms with Gasteiger partial charge in [-0.15, -0.1) is 0 Å². The van der Waals surface area contributed by atoms with Crippen molar-refractivity contribution in [1.82, 2.24) is 5.43 Å². The first kappa shape index (κ1) is 22.2. The van der Waals surface area contributed by atoms with Gasteiger partial charge in [0.25, 0.3) is 0 Å². The quantitative estimate of drug-likeness (QED) is 0.341. The normalized spacial score (nSPS) is 10.4. The number of hydrazone groups is 1. The fourth-order valence-corrected chi connectivity index (χ4v) is 2.82. The van der Waals surface area contributed by atoms with Gasteiger partial charge in [-0.2, -0.15) is 10.4 Å². The maximum absolute atomic E-state index is 12.0. The smallest absolute Gasteiger partial charge is 0.329 e. The van der Waals surface area contributed by atoms with Crippen LogP contribution >= 0.6 is 0 Å². The van der Waals surface area contributed by atoms with Gasteiger partial charge in [0.15, 0.2) is 0 Å². The van der Waals surface area contributed by atoms with Crippen molar-refractivity contribution in [3.8, 4) is 11.8 Å². The highest BCUT2D eigenvalue weighted by Crippen LogP contribution is 2.14. The molecule has 32 heavy (non-hydrogen) atoms. The number of nitrogens with zero attached hydrogens (tertiary/aromatic N) is 2. The maximum Gasteiger partial charge on any atom is 0.329 e. The highest BCUT2D eigenvalue weighted by molar-refractivity contribution is 6.39. The zero-order chi connectivity index (χ0) is 22.8. The van der Waals surface area contributed by atoms with Crippen molar-refractivity contribution in [2.75, 3.05) is 5.32 Å². The minimum absolute atomic E-state index is 0.281. The predicted molar refractivity (Wildman–Crippen MR) is 122 cm³/mol. The molecule has 0 unspecified atom stereocenters. The first-order chi connectivity index (χ1) is 15.5. The second-order valence-electron chi connectivity index (χ2n) is 7.03. The lowest BCUT2D eigenvalue weighted by Crippen LogP contribution is -2.32. The van der Waals surface area contributed by atoms with Gasteiger partial charge in [0.2, 0.25) is 0 Å². The molecule has 0 saturated carbocycles. The fraction of sp³-hybridized carbons (Fsp3) is 0.120. The zero-order valence-corrected chi connectivity index (χ0v) is 17.5. The molecule has 3 aromatic rings. The van der Waals surface area contributed by atoms with Gasteiger partial charge >= 0.3 is 11.8 Å². The van der Waals surface area contributed by atoms with Crippen LogP contribution in [-0.4, -0.2) is 18.0 Å². The largest absolute Gasteiger partial charge is 0.489 e. The van der Waals surface area contributed by atoms with E-state index in [1.165, 1.54) is 11.8 Å². The van der Waals surface area contributed by atoms with E-state index in [-0.39, 0.29) is 6.42 Å². The van der Waals surface area contributed by atoms with E-state index < -0.39 is 11.8 Å². The standard InChI is InChI=1S/C25H22N4O3/c1-18-3-2-4-21(15-18)17-32-23-11-7-20(8-12-23)16-27-29-25(31)24(30)28-22-9-5-19(6-10-22)13-14-26/h2-12,15-16H,13,17H2,1H3,(H,28,30)(H,29,31). The van der Waals surface area contributed by atoms with Crippen LogP contribution in [0.4, 0.5) is 5.69 Å². The molecule has 3 rings (SSSR count). The molecule has 0 spiro atoms. The molecule has 0 atom stereocenters. The highest BCUT2D eigenvalue weighted by atomic mass is 16.5. The van der Waals surface area contributed by atoms with Crippen molar-refractivity contribution in [3.05, 3.63) is 95.1 Å². The van der Waals surface area contributed by atoms with E-state index in [0.717, 1.165) is 16.7 Å². The Morgan fingerprint density at radius 1 is 1.00 bits per heavy atom. The lowest BCUT2D eigenvalue weighted by molar-refractivity contribution is -0.136. The molecule has 7 heteroatoms. The molecular weight excluding hydrogens is 404 g/mol. The molecule has 0 heterocycles. The number of nitriles is 1. The average Bonchev–Trinajstić information content (AvgIpc) is 2.80. The van der Waals surface area contributed by atoms with E-state index in [4.69, 9.17) is 10.00 Å². The van der Waals surface area contributed by atoms with E-state index in [2.05, 4.69) is 21.9 Å². The van der Waals surface area contributed by atoms with Crippen molar-refractivity contribution in [1.29, 1.82) is 5.26 Å². The number of benzene rings is 3. The second-order valence-corrected chi connectivity index (χ2v) is 7.03. The van der Waals surface area contributed by atoms with Crippen molar-refractivity contribution in [2.24, 2.45) is 5.10 Å². The van der Waals surface area contributed by atoms with Gasteiger partial charge in [-0.25, -0.2) is 5.43 Å². The summed E-state index contributed by atoms with van der Waals surface area (Å²) in [5.41, 5.74) is 6.49. The number of hydrogen-bond acceptors (Lipinski definition) is 5. The summed E-state index contributed by atoms with van der Waals surface area (Å²) in [5.74, 6) is -1.01. The molecule has 0 aromatic heterocycles. The van der Waals surface area contributed by atoms with Gasteiger partial charge in [0.1, 0.15) is 12.4 Å². The van der Waals surface area contributed by atoms with Crippen molar-refractivity contribution < 1.29 is 14.3 Å². The summed E-state index contributed by atoms with van der Waals surface area (Å²) in [7, 11) is 0. The summed E-state index contributed by atoms with van der Waals surface area (Å²) in [6, 6.07) is 24.0. The molecule has 0 aliphatic carbocycles. The molecule has 2 amide bonds. The second kappa shape index (κ2) is 11.1. The first-order valence-electron chi connectivity index (χ1n) is 9.92. The Bertz CT molecular complexity index is 1150. The molecule has 0 fully saturated rings. The molecule has 3 aromatic carbocycles. The molecule has 0 saturated heterocycles. The number of aryl methyl sites for hydroxylation is 1. The van der Waals surface area contributed by atoms with Crippen LogP contribution in [0.3, 0.4) is 0 Å². The van der Waals surface area contributed by atoms with Crippen LogP contribution in [-0.2, 0) is 22.6 Å². The number of anilines is 1. The molecule has 0 radical (unpaired) electrons. The zero-order valence-electron chi connectivity index (χ0n) is 17.5. The predicted octanol–water partition coefficient (Wildman–Crippen LogP) is 3.73. The highest BCUT2D eigenvalue weighted by Gasteiger charge is 2.12. The Balaban J connectivity index is 1.45. The Hall–Kier alpha value is -4.44. The van der Waals surface area contributed by atoms with Gasteiger partial charge in [0.05, 0.1) is 18.7 Å². The summed E-state index contributed by atoms with van der Waals surface area (Å²) >= 11 is 0. The van der Waals surface area contributed by atoms with Gasteiger partial charge in [-0.3, -0.25) is 9.59 Å². The summed E-state index contributed by atoms with van der Waals surface area (Å²) in [6.45, 7) is 2.51. The van der Waals surface area contributed by atoms with Crippen LogP contribution in [0.2, 0.25) is 0 Å². The third kappa shape index (κ3) is 6.82. The summed E-state index contributed by atoms with van der Waals surface area (Å²) in [6.07, 6.45) is 1.72. The molecule has 0 aliphatic rings. The number of hydrogen-bond donors (Lipinski definition) is 2. The Kier molecular flexibility index (Phi) is 7.71. The minimum Gasteiger partial charge on any atom is -0.489 e. The van der Waals surface area contributed by atoms with Crippen molar-refractivity contribution >= 4 is 23.7 Å². The Morgan fingerprint density at radius 3 is 2.44 bits per heavy atom. The van der Waals surface area contributed by atoms with Gasteiger partial charge in [-0.1, -0.05) is 42.0 Å². The van der Waals surface area contributed by atoms with Gasteiger partial charge in [-0.05, 0) is 60.0 Å². The maximum atomic E-state index is 12.0. The molecule has 0 aliphatic heterocycles. The summed E-state index contributed by atoms with van der Waals surface area (Å²) in [5, 5.41) is 15.0. The lowest BCUT2D eigenvalue weighted by atomic mass is 10.1. The Labute approximate surface area is 186 Å². The fourth-order valence-electron chi connectivity index (χ4n) is 2.82. The molecule has 160 valence electrons. The molecular formula is C25H22N4O3. The topological polar surface area (TPSA) is 104 Å². The average molecular weight is 426 g/mol.